The molecule has 5 heteroatoms. The minimum Gasteiger partial charge on any atom is -0.495 e. The predicted octanol–water partition coefficient (Wildman–Crippen LogP) is 3.59. The molecule has 0 aromatic heterocycles. The number of hydrogen-bond donors (Lipinski definition) is 1. The first-order valence-corrected chi connectivity index (χ1v) is 5.45. The fourth-order valence-electron chi connectivity index (χ4n) is 1.64. The van der Waals surface area contributed by atoms with E-state index in [4.69, 9.17) is 10.00 Å². The highest BCUT2D eigenvalue weighted by molar-refractivity contribution is 5.67. The van der Waals surface area contributed by atoms with Gasteiger partial charge >= 0.3 is 0 Å². The maximum atomic E-state index is 13.7. The lowest BCUT2D eigenvalue weighted by molar-refractivity contribution is 0.416. The second-order valence-electron chi connectivity index (χ2n) is 3.75. The van der Waals surface area contributed by atoms with Gasteiger partial charge in [0.25, 0.3) is 0 Å². The Kier molecular flexibility index (Phi) is 3.62. The Hall–Kier alpha value is -2.61. The van der Waals surface area contributed by atoms with Gasteiger partial charge in [0.2, 0.25) is 0 Å². The zero-order valence-electron chi connectivity index (χ0n) is 10.1. The van der Waals surface area contributed by atoms with E-state index >= 15 is 0 Å². The van der Waals surface area contributed by atoms with Crippen LogP contribution in [0, 0.1) is 23.0 Å². The molecule has 1 N–H and O–H groups in total. The molecule has 96 valence electrons. The quantitative estimate of drug-likeness (QED) is 0.917. The number of anilines is 2. The van der Waals surface area contributed by atoms with Crippen molar-refractivity contribution in [3.8, 4) is 11.8 Å². The third-order valence-corrected chi connectivity index (χ3v) is 2.54. The summed E-state index contributed by atoms with van der Waals surface area (Å²) in [7, 11) is 1.46. The molecule has 0 heterocycles. The van der Waals surface area contributed by atoms with E-state index in [-0.39, 0.29) is 11.3 Å². The van der Waals surface area contributed by atoms with E-state index in [0.29, 0.717) is 11.4 Å². The summed E-state index contributed by atoms with van der Waals surface area (Å²) in [5, 5.41) is 11.3. The summed E-state index contributed by atoms with van der Waals surface area (Å²) in [6, 6.07) is 10.4. The number of methoxy groups -OCH3 is 1. The summed E-state index contributed by atoms with van der Waals surface area (Å²) in [5.74, 6) is -1.20. The van der Waals surface area contributed by atoms with Gasteiger partial charge < -0.3 is 10.1 Å². The topological polar surface area (TPSA) is 45.0 Å². The van der Waals surface area contributed by atoms with E-state index in [9.17, 15) is 8.78 Å². The Labute approximate surface area is 109 Å². The van der Waals surface area contributed by atoms with E-state index in [0.717, 1.165) is 12.1 Å². The molecule has 0 bridgehead atoms. The van der Waals surface area contributed by atoms with Crippen LogP contribution in [0.15, 0.2) is 36.4 Å². The normalized spacial score (nSPS) is 9.79. The van der Waals surface area contributed by atoms with Gasteiger partial charge in [0, 0.05) is 0 Å². The van der Waals surface area contributed by atoms with Crippen LogP contribution < -0.4 is 10.1 Å². The van der Waals surface area contributed by atoms with Crippen LogP contribution in [0.2, 0.25) is 0 Å². The number of halogens is 2. The van der Waals surface area contributed by atoms with Crippen molar-refractivity contribution >= 4 is 11.4 Å². The molecule has 0 amide bonds. The third-order valence-electron chi connectivity index (χ3n) is 2.54. The molecule has 0 unspecified atom stereocenters. The van der Waals surface area contributed by atoms with Crippen LogP contribution in [-0.4, -0.2) is 7.11 Å². The van der Waals surface area contributed by atoms with Gasteiger partial charge in [0.05, 0.1) is 24.4 Å². The van der Waals surface area contributed by atoms with Crippen LogP contribution in [0.1, 0.15) is 5.56 Å². The van der Waals surface area contributed by atoms with Crippen molar-refractivity contribution in [2.45, 2.75) is 0 Å². The molecule has 3 nitrogen and oxygen atoms in total. The summed E-state index contributed by atoms with van der Waals surface area (Å²) in [6.07, 6.45) is 0. The average Bonchev–Trinajstić information content (AvgIpc) is 2.43. The van der Waals surface area contributed by atoms with Crippen molar-refractivity contribution in [2.75, 3.05) is 12.4 Å². The average molecular weight is 260 g/mol. The number of rotatable bonds is 3. The SMILES string of the molecule is COc1ccccc1Nc1c(F)cc(C#N)cc1F. The smallest absolute Gasteiger partial charge is 0.150 e. The molecule has 0 radical (unpaired) electrons. The third kappa shape index (κ3) is 2.63. The Morgan fingerprint density at radius 3 is 2.37 bits per heavy atom. The van der Waals surface area contributed by atoms with Gasteiger partial charge in [0.1, 0.15) is 11.4 Å². The Morgan fingerprint density at radius 1 is 1.16 bits per heavy atom. The number of ether oxygens (including phenoxy) is 1. The Morgan fingerprint density at radius 2 is 1.79 bits per heavy atom. The summed E-state index contributed by atoms with van der Waals surface area (Å²) in [4.78, 5) is 0. The molecule has 0 atom stereocenters. The zero-order valence-corrected chi connectivity index (χ0v) is 10.1. The molecular formula is C14H10F2N2O. The molecule has 0 saturated heterocycles. The highest BCUT2D eigenvalue weighted by Gasteiger charge is 2.13. The summed E-state index contributed by atoms with van der Waals surface area (Å²) in [6.45, 7) is 0. The van der Waals surface area contributed by atoms with E-state index in [2.05, 4.69) is 5.32 Å². The van der Waals surface area contributed by atoms with Gasteiger partial charge in [-0.15, -0.1) is 0 Å². The number of nitrogens with zero attached hydrogens (tertiary/aromatic N) is 1. The lowest BCUT2D eigenvalue weighted by Gasteiger charge is -2.12. The van der Waals surface area contributed by atoms with Crippen molar-refractivity contribution < 1.29 is 13.5 Å². The summed E-state index contributed by atoms with van der Waals surface area (Å²) >= 11 is 0. The first-order valence-electron chi connectivity index (χ1n) is 5.45. The monoisotopic (exact) mass is 260 g/mol. The van der Waals surface area contributed by atoms with Crippen LogP contribution in [0.5, 0.6) is 5.75 Å². The van der Waals surface area contributed by atoms with Gasteiger partial charge in [-0.2, -0.15) is 5.26 Å². The zero-order chi connectivity index (χ0) is 13.8. The van der Waals surface area contributed by atoms with Gasteiger partial charge in [-0.3, -0.25) is 0 Å². The maximum absolute atomic E-state index is 13.7. The summed E-state index contributed by atoms with van der Waals surface area (Å²) < 4.78 is 32.5. The van der Waals surface area contributed by atoms with Gasteiger partial charge in [0.15, 0.2) is 11.6 Å². The highest BCUT2D eigenvalue weighted by Crippen LogP contribution is 2.30. The van der Waals surface area contributed by atoms with Crippen molar-refractivity contribution in [3.05, 3.63) is 53.6 Å². The fraction of sp³-hybridized carbons (Fsp3) is 0.0714. The minimum absolute atomic E-state index is 0.0689. The fourth-order valence-corrected chi connectivity index (χ4v) is 1.64. The lowest BCUT2D eigenvalue weighted by Crippen LogP contribution is -2.00. The minimum atomic E-state index is -0.831. The Bertz CT molecular complexity index is 627. The molecule has 2 aromatic rings. The molecule has 0 aliphatic rings. The molecular weight excluding hydrogens is 250 g/mol. The molecule has 0 saturated carbocycles. The number of nitriles is 1. The van der Waals surface area contributed by atoms with Crippen LogP contribution >= 0.6 is 0 Å². The molecule has 2 aromatic carbocycles. The Balaban J connectivity index is 2.42. The van der Waals surface area contributed by atoms with E-state index in [1.54, 1.807) is 30.3 Å². The van der Waals surface area contributed by atoms with Crippen molar-refractivity contribution in [1.29, 1.82) is 5.26 Å². The number of benzene rings is 2. The number of para-hydroxylation sites is 2. The molecule has 2 rings (SSSR count). The van der Waals surface area contributed by atoms with Crippen molar-refractivity contribution in [2.24, 2.45) is 0 Å². The maximum Gasteiger partial charge on any atom is 0.150 e. The number of nitrogens with one attached hydrogen (secondary N) is 1. The van der Waals surface area contributed by atoms with Crippen molar-refractivity contribution in [3.63, 3.8) is 0 Å². The van der Waals surface area contributed by atoms with Crippen molar-refractivity contribution in [1.82, 2.24) is 0 Å². The van der Waals surface area contributed by atoms with Crippen LogP contribution in [0.4, 0.5) is 20.2 Å². The first-order chi connectivity index (χ1) is 9.15. The largest absolute Gasteiger partial charge is 0.495 e. The standard InChI is InChI=1S/C14H10F2N2O/c1-19-13-5-3-2-4-12(13)18-14-10(15)6-9(8-17)7-11(14)16/h2-7,18H,1H3. The van der Waals surface area contributed by atoms with Gasteiger partial charge in [-0.05, 0) is 24.3 Å². The highest BCUT2D eigenvalue weighted by atomic mass is 19.1. The number of hydrogen-bond acceptors (Lipinski definition) is 3. The van der Waals surface area contributed by atoms with Crippen LogP contribution in [0.3, 0.4) is 0 Å². The van der Waals surface area contributed by atoms with Crippen LogP contribution in [-0.2, 0) is 0 Å². The van der Waals surface area contributed by atoms with Crippen LogP contribution in [0.25, 0.3) is 0 Å². The molecule has 0 aliphatic carbocycles. The van der Waals surface area contributed by atoms with E-state index in [1.807, 2.05) is 0 Å². The van der Waals surface area contributed by atoms with E-state index < -0.39 is 11.6 Å². The summed E-state index contributed by atoms with van der Waals surface area (Å²) in [5.41, 5.74) is 0.0524. The van der Waals surface area contributed by atoms with E-state index in [1.165, 1.54) is 7.11 Å². The van der Waals surface area contributed by atoms with Gasteiger partial charge in [-0.25, -0.2) is 8.78 Å². The first kappa shape index (κ1) is 12.8. The molecule has 0 fully saturated rings. The predicted molar refractivity (Wildman–Crippen MR) is 67.3 cm³/mol. The van der Waals surface area contributed by atoms with Gasteiger partial charge in [-0.1, -0.05) is 12.1 Å². The second-order valence-corrected chi connectivity index (χ2v) is 3.75. The second kappa shape index (κ2) is 5.36. The lowest BCUT2D eigenvalue weighted by atomic mass is 10.2. The molecule has 19 heavy (non-hydrogen) atoms. The molecule has 0 aliphatic heterocycles. The molecule has 0 spiro atoms.